The number of H-pyrrole nitrogens is 1. The molecule has 1 saturated carbocycles. The Balaban J connectivity index is 1.62. The van der Waals surface area contributed by atoms with Gasteiger partial charge in [-0.15, -0.1) is 0 Å². The van der Waals surface area contributed by atoms with Gasteiger partial charge in [-0.25, -0.2) is 4.79 Å². The molecule has 0 bridgehead atoms. The van der Waals surface area contributed by atoms with Gasteiger partial charge in [0.1, 0.15) is 0 Å². The highest BCUT2D eigenvalue weighted by Gasteiger charge is 2.38. The number of nitrogens with zero attached hydrogens (tertiary/aromatic N) is 1. The summed E-state index contributed by atoms with van der Waals surface area (Å²) in [6.45, 7) is 1.91. The van der Waals surface area contributed by atoms with Crippen LogP contribution in [0.25, 0.3) is 11.1 Å². The van der Waals surface area contributed by atoms with Crippen LogP contribution in [0.1, 0.15) is 18.4 Å². The van der Waals surface area contributed by atoms with Gasteiger partial charge in [0.25, 0.3) is 0 Å². The summed E-state index contributed by atoms with van der Waals surface area (Å²) in [6.07, 6.45) is 3.20. The molecule has 0 radical (unpaired) electrons. The average Bonchev–Trinajstić information content (AvgIpc) is 2.95. The van der Waals surface area contributed by atoms with Gasteiger partial charge in [-0.3, -0.25) is 4.98 Å². The van der Waals surface area contributed by atoms with Crippen LogP contribution in [0.3, 0.4) is 0 Å². The number of hydrogen-bond acceptors (Lipinski definition) is 4. The molecule has 0 aliphatic heterocycles. The Kier molecular flexibility index (Phi) is 2.95. The van der Waals surface area contributed by atoms with Crippen molar-refractivity contribution in [2.45, 2.75) is 24.8 Å². The molecule has 3 rings (SSSR count). The van der Waals surface area contributed by atoms with E-state index in [0.717, 1.165) is 37.9 Å². The third-order valence-corrected chi connectivity index (χ3v) is 3.74. The highest BCUT2D eigenvalue weighted by molar-refractivity contribution is 5.72. The Morgan fingerprint density at radius 3 is 3.00 bits per heavy atom. The smallest absolute Gasteiger partial charge is 0.408 e. The molecule has 3 N–H and O–H groups in total. The maximum atomic E-state index is 11.1. The Bertz CT molecular complexity index is 639. The minimum absolute atomic E-state index is 0.0616. The number of aromatic nitrogens is 1. The minimum atomic E-state index is -0.400. The van der Waals surface area contributed by atoms with Gasteiger partial charge in [0, 0.05) is 18.6 Å². The van der Waals surface area contributed by atoms with E-state index in [1.807, 2.05) is 18.2 Å². The van der Waals surface area contributed by atoms with Crippen LogP contribution in [0.4, 0.5) is 0 Å². The molecule has 5 heteroatoms. The third-order valence-electron chi connectivity index (χ3n) is 3.74. The van der Waals surface area contributed by atoms with Crippen LogP contribution >= 0.6 is 0 Å². The van der Waals surface area contributed by atoms with Crippen LogP contribution < -0.4 is 11.5 Å². The van der Waals surface area contributed by atoms with Crippen LogP contribution in [0.15, 0.2) is 27.4 Å². The zero-order valence-electron chi connectivity index (χ0n) is 11.1. The van der Waals surface area contributed by atoms with Crippen LogP contribution in [-0.4, -0.2) is 35.6 Å². The maximum Gasteiger partial charge on any atom is 0.417 e. The van der Waals surface area contributed by atoms with E-state index in [9.17, 15) is 4.79 Å². The molecular formula is C14H19N3O2. The largest absolute Gasteiger partial charge is 0.417 e. The first kappa shape index (κ1) is 12.4. The SMILES string of the molecule is CN(CCc1ccc2[nH]c(=O)oc2c1)CC1(N)CC1. The molecule has 1 aromatic heterocycles. The molecule has 1 fully saturated rings. The minimum Gasteiger partial charge on any atom is -0.408 e. The first-order valence-electron chi connectivity index (χ1n) is 6.63. The number of likely N-dealkylation sites (N-methyl/N-ethyl adjacent to an activating group) is 1. The second-order valence-corrected chi connectivity index (χ2v) is 5.70. The number of benzene rings is 1. The topological polar surface area (TPSA) is 75.3 Å². The van der Waals surface area contributed by atoms with E-state index in [4.69, 9.17) is 10.2 Å². The number of hydrogen-bond donors (Lipinski definition) is 2. The monoisotopic (exact) mass is 261 g/mol. The number of nitrogens with one attached hydrogen (secondary N) is 1. The van der Waals surface area contributed by atoms with Gasteiger partial charge in [0.05, 0.1) is 5.52 Å². The summed E-state index contributed by atoms with van der Waals surface area (Å²) < 4.78 is 5.06. The second kappa shape index (κ2) is 4.51. The summed E-state index contributed by atoms with van der Waals surface area (Å²) in [4.78, 5) is 16.0. The molecule has 0 saturated heterocycles. The molecule has 2 aromatic rings. The van der Waals surface area contributed by atoms with E-state index in [1.54, 1.807) is 0 Å². The van der Waals surface area contributed by atoms with E-state index < -0.39 is 5.76 Å². The maximum absolute atomic E-state index is 11.1. The zero-order valence-corrected chi connectivity index (χ0v) is 11.1. The van der Waals surface area contributed by atoms with Crippen molar-refractivity contribution in [1.29, 1.82) is 0 Å². The Hall–Kier alpha value is -1.59. The lowest BCUT2D eigenvalue weighted by Crippen LogP contribution is -2.38. The first-order valence-corrected chi connectivity index (χ1v) is 6.63. The van der Waals surface area contributed by atoms with Crippen molar-refractivity contribution in [3.8, 4) is 0 Å². The van der Waals surface area contributed by atoms with E-state index in [2.05, 4.69) is 16.9 Å². The molecule has 1 heterocycles. The fraction of sp³-hybridized carbons (Fsp3) is 0.500. The van der Waals surface area contributed by atoms with Crippen molar-refractivity contribution in [2.24, 2.45) is 5.73 Å². The van der Waals surface area contributed by atoms with Gasteiger partial charge in [-0.05, 0) is 44.0 Å². The Morgan fingerprint density at radius 2 is 2.26 bits per heavy atom. The zero-order chi connectivity index (χ0) is 13.5. The summed E-state index contributed by atoms with van der Waals surface area (Å²) in [5, 5.41) is 0. The van der Waals surface area contributed by atoms with Crippen molar-refractivity contribution < 1.29 is 4.42 Å². The Labute approximate surface area is 111 Å². The van der Waals surface area contributed by atoms with Crippen LogP contribution in [-0.2, 0) is 6.42 Å². The first-order chi connectivity index (χ1) is 9.04. The Morgan fingerprint density at radius 1 is 1.47 bits per heavy atom. The summed E-state index contributed by atoms with van der Waals surface area (Å²) >= 11 is 0. The molecule has 0 amide bonds. The lowest BCUT2D eigenvalue weighted by molar-refractivity contribution is 0.306. The van der Waals surface area contributed by atoms with Gasteiger partial charge < -0.3 is 15.1 Å². The third kappa shape index (κ3) is 2.88. The standard InChI is InChI=1S/C14H19N3O2/c1-17(9-14(15)5-6-14)7-4-10-2-3-11-12(8-10)19-13(18)16-11/h2-3,8H,4-7,9,15H2,1H3,(H,16,18). The van der Waals surface area contributed by atoms with Gasteiger partial charge in [-0.1, -0.05) is 6.07 Å². The number of oxazole rings is 1. The summed E-state index contributed by atoms with van der Waals surface area (Å²) in [5.41, 5.74) is 8.71. The number of aromatic amines is 1. The normalized spacial score (nSPS) is 17.2. The molecule has 1 aliphatic rings. The van der Waals surface area contributed by atoms with Crippen LogP contribution in [0, 0.1) is 0 Å². The average molecular weight is 261 g/mol. The fourth-order valence-corrected chi connectivity index (χ4v) is 2.40. The molecular weight excluding hydrogens is 242 g/mol. The number of nitrogens with two attached hydrogens (primary N) is 1. The van der Waals surface area contributed by atoms with Crippen molar-refractivity contribution in [2.75, 3.05) is 20.1 Å². The molecule has 102 valence electrons. The highest BCUT2D eigenvalue weighted by atomic mass is 16.4. The molecule has 0 atom stereocenters. The predicted octanol–water partition coefficient (Wildman–Crippen LogP) is 1.09. The quantitative estimate of drug-likeness (QED) is 0.844. The van der Waals surface area contributed by atoms with Gasteiger partial charge >= 0.3 is 5.76 Å². The summed E-state index contributed by atoms with van der Waals surface area (Å²) in [6, 6.07) is 5.84. The van der Waals surface area contributed by atoms with E-state index in [0.29, 0.717) is 5.58 Å². The van der Waals surface area contributed by atoms with E-state index >= 15 is 0 Å². The molecule has 5 nitrogen and oxygen atoms in total. The van der Waals surface area contributed by atoms with Gasteiger partial charge in [-0.2, -0.15) is 0 Å². The van der Waals surface area contributed by atoms with E-state index in [1.165, 1.54) is 5.56 Å². The van der Waals surface area contributed by atoms with Crippen molar-refractivity contribution in [3.63, 3.8) is 0 Å². The molecule has 1 aromatic carbocycles. The summed E-state index contributed by atoms with van der Waals surface area (Å²) in [7, 11) is 2.10. The summed E-state index contributed by atoms with van der Waals surface area (Å²) in [5.74, 6) is -0.400. The predicted molar refractivity (Wildman–Crippen MR) is 74.2 cm³/mol. The van der Waals surface area contributed by atoms with Crippen molar-refractivity contribution >= 4 is 11.1 Å². The van der Waals surface area contributed by atoms with Gasteiger partial charge in [0.2, 0.25) is 0 Å². The molecule has 19 heavy (non-hydrogen) atoms. The second-order valence-electron chi connectivity index (χ2n) is 5.70. The van der Waals surface area contributed by atoms with Crippen molar-refractivity contribution in [3.05, 3.63) is 34.3 Å². The highest BCUT2D eigenvalue weighted by Crippen LogP contribution is 2.32. The van der Waals surface area contributed by atoms with Crippen LogP contribution in [0.5, 0.6) is 0 Å². The number of fused-ring (bicyclic) bond motifs is 1. The molecule has 0 spiro atoms. The lowest BCUT2D eigenvalue weighted by Gasteiger charge is -2.20. The fourth-order valence-electron chi connectivity index (χ4n) is 2.40. The lowest BCUT2D eigenvalue weighted by atomic mass is 10.1. The molecule has 1 aliphatic carbocycles. The number of rotatable bonds is 5. The van der Waals surface area contributed by atoms with Crippen molar-refractivity contribution in [1.82, 2.24) is 9.88 Å². The van der Waals surface area contributed by atoms with Gasteiger partial charge in [0.15, 0.2) is 5.58 Å². The molecule has 0 unspecified atom stereocenters. The van der Waals surface area contributed by atoms with E-state index in [-0.39, 0.29) is 5.54 Å². The van der Waals surface area contributed by atoms with Crippen LogP contribution in [0.2, 0.25) is 0 Å².